The van der Waals surface area contributed by atoms with E-state index in [4.69, 9.17) is 24.7 Å². The van der Waals surface area contributed by atoms with Crippen molar-refractivity contribution in [3.05, 3.63) is 121 Å². The van der Waals surface area contributed by atoms with E-state index in [1.807, 2.05) is 6.07 Å². The van der Waals surface area contributed by atoms with E-state index in [0.29, 0.717) is 29.8 Å². The van der Waals surface area contributed by atoms with Crippen molar-refractivity contribution in [2.45, 2.75) is 81.1 Å². The number of hydrogen-bond acceptors (Lipinski definition) is 5. The maximum absolute atomic E-state index is 13.7. The molecule has 0 aliphatic carbocycles. The van der Waals surface area contributed by atoms with Gasteiger partial charge in [0.15, 0.2) is 0 Å². The number of rotatable bonds is 6. The molecule has 2 aromatic rings. The number of aromatic nitrogens is 1. The number of aliphatic imine (C=N–C) groups is 3. The SMILES string of the molecule is CCC1=C(C)C2=NC1=Cc1[n-]c(c(CC)c1C)/C(=C(/[O-])OC)C1=NC(=CC3=NC(=C2c2ccccc2)C(C)=C3CC)C(C)=C1CC.[Ni+2]. The summed E-state index contributed by atoms with van der Waals surface area (Å²) < 4.78 is 5.41. The van der Waals surface area contributed by atoms with Crippen molar-refractivity contribution in [1.82, 2.24) is 4.98 Å². The fourth-order valence-corrected chi connectivity index (χ4v) is 7.26. The van der Waals surface area contributed by atoms with Crippen molar-refractivity contribution in [1.29, 1.82) is 0 Å². The van der Waals surface area contributed by atoms with E-state index in [-0.39, 0.29) is 16.5 Å². The molecule has 0 unspecified atom stereocenters. The quantitative estimate of drug-likeness (QED) is 0.229. The number of fused-ring (bicyclic) bond motifs is 5. The first kappa shape index (κ1) is 34.1. The minimum Gasteiger partial charge on any atom is -0.657 e. The Kier molecular flexibility index (Phi) is 9.79. The maximum atomic E-state index is 13.7. The summed E-state index contributed by atoms with van der Waals surface area (Å²) in [7, 11) is 1.43. The Morgan fingerprint density at radius 3 is 2.02 bits per heavy atom. The molecule has 8 bridgehead atoms. The summed E-state index contributed by atoms with van der Waals surface area (Å²) in [5.74, 6) is -0.432. The van der Waals surface area contributed by atoms with Gasteiger partial charge in [0, 0.05) is 11.1 Å². The first-order chi connectivity index (χ1) is 22.2. The Labute approximate surface area is 288 Å². The fraction of sp³-hybridized carbons (Fsp3) is 0.325. The summed E-state index contributed by atoms with van der Waals surface area (Å²) in [5.41, 5.74) is 17.9. The molecular formula is C40H42N4NiO2. The molecule has 0 fully saturated rings. The van der Waals surface area contributed by atoms with Crippen LogP contribution >= 0.6 is 0 Å². The molecule has 6 nitrogen and oxygen atoms in total. The largest absolute Gasteiger partial charge is 2.00 e. The molecule has 0 radical (unpaired) electrons. The van der Waals surface area contributed by atoms with Gasteiger partial charge in [-0.3, -0.25) is 0 Å². The predicted molar refractivity (Wildman–Crippen MR) is 189 cm³/mol. The van der Waals surface area contributed by atoms with Crippen LogP contribution in [0.5, 0.6) is 0 Å². The van der Waals surface area contributed by atoms with Crippen molar-refractivity contribution in [3.8, 4) is 0 Å². The minimum absolute atomic E-state index is 0. The van der Waals surface area contributed by atoms with E-state index in [0.717, 1.165) is 91.6 Å². The standard InChI is InChI=1S/C40H43N4O2.Ni/c1-10-26-23(7)36-34(25-17-15-14-16-18-25)37-24(8)27(11-2)33(44-37)20-31-22(6)29(13-4)39(42-31)35(40(45)46-9)38-28(12-3)21(5)30(41-38)19-32(26)43-36;/h14-20H,10-13H2,1-9H3,(H-,41,42,43,44,45);/q-1;+2/p-1. The molecule has 4 aliphatic heterocycles. The van der Waals surface area contributed by atoms with E-state index in [2.05, 4.69) is 91.8 Å². The van der Waals surface area contributed by atoms with E-state index >= 15 is 0 Å². The van der Waals surface area contributed by atoms with Crippen LogP contribution in [0.3, 0.4) is 0 Å². The molecule has 6 rings (SSSR count). The van der Waals surface area contributed by atoms with Gasteiger partial charge in [-0.2, -0.15) is 0 Å². The van der Waals surface area contributed by atoms with Gasteiger partial charge >= 0.3 is 16.5 Å². The number of hydrogen-bond donors (Lipinski definition) is 0. The summed E-state index contributed by atoms with van der Waals surface area (Å²) in [6.45, 7) is 17.1. The topological polar surface area (TPSA) is 83.5 Å². The van der Waals surface area contributed by atoms with E-state index in [1.54, 1.807) is 0 Å². The second-order valence-corrected chi connectivity index (χ2v) is 12.1. The second kappa shape index (κ2) is 13.5. The Hall–Kier alpha value is -4.22. The van der Waals surface area contributed by atoms with Gasteiger partial charge in [-0.05, 0) is 106 Å². The molecule has 47 heavy (non-hydrogen) atoms. The van der Waals surface area contributed by atoms with Gasteiger partial charge in [-0.15, -0.1) is 11.4 Å². The first-order valence-electron chi connectivity index (χ1n) is 16.4. The van der Waals surface area contributed by atoms with Gasteiger partial charge in [0.05, 0.1) is 40.2 Å². The normalized spacial score (nSPS) is 18.7. The number of allylic oxidation sites excluding steroid dienone is 9. The van der Waals surface area contributed by atoms with Crippen LogP contribution in [0.1, 0.15) is 95.8 Å². The van der Waals surface area contributed by atoms with Gasteiger partial charge in [-0.25, -0.2) is 15.0 Å². The number of nitrogens with zero attached hydrogens (tertiary/aromatic N) is 4. The average molecular weight is 669 g/mol. The Balaban J connectivity index is 0.00000433. The van der Waals surface area contributed by atoms with Crippen molar-refractivity contribution in [2.24, 2.45) is 15.0 Å². The maximum Gasteiger partial charge on any atom is 2.00 e. The van der Waals surface area contributed by atoms with Crippen molar-refractivity contribution < 1.29 is 26.3 Å². The zero-order chi connectivity index (χ0) is 32.9. The number of methoxy groups -OCH3 is 1. The van der Waals surface area contributed by atoms with Crippen LogP contribution in [0.25, 0.3) is 17.2 Å². The van der Waals surface area contributed by atoms with Gasteiger partial charge in [0.2, 0.25) is 0 Å². The van der Waals surface area contributed by atoms with Crippen LogP contribution in [0, 0.1) is 6.92 Å². The molecule has 7 heteroatoms. The monoisotopic (exact) mass is 668 g/mol. The van der Waals surface area contributed by atoms with Gasteiger partial charge < -0.3 is 14.8 Å². The Morgan fingerprint density at radius 2 is 1.40 bits per heavy atom. The van der Waals surface area contributed by atoms with Crippen LogP contribution in [0.15, 0.2) is 108 Å². The summed E-state index contributed by atoms with van der Waals surface area (Å²) in [6, 6.07) is 10.5. The zero-order valence-corrected chi connectivity index (χ0v) is 29.8. The second-order valence-electron chi connectivity index (χ2n) is 12.1. The molecule has 1 aromatic carbocycles. The molecule has 4 aliphatic rings. The van der Waals surface area contributed by atoms with Crippen LogP contribution in [-0.4, -0.2) is 24.2 Å². The third kappa shape index (κ3) is 5.49. The molecule has 0 amide bonds. The Morgan fingerprint density at radius 1 is 0.745 bits per heavy atom. The average Bonchev–Trinajstić information content (AvgIpc) is 3.74. The zero-order valence-electron chi connectivity index (χ0n) is 28.8. The van der Waals surface area contributed by atoms with Crippen molar-refractivity contribution in [2.75, 3.05) is 7.11 Å². The van der Waals surface area contributed by atoms with E-state index in [9.17, 15) is 5.11 Å². The van der Waals surface area contributed by atoms with Crippen LogP contribution in [0.2, 0.25) is 0 Å². The Bertz CT molecular complexity index is 1980. The molecule has 1 aromatic heterocycles. The molecule has 5 heterocycles. The van der Waals surface area contributed by atoms with Crippen LogP contribution in [-0.2, 0) is 27.6 Å². The fourth-order valence-electron chi connectivity index (χ4n) is 7.26. The number of benzene rings is 1. The van der Waals surface area contributed by atoms with Crippen molar-refractivity contribution in [3.63, 3.8) is 0 Å². The van der Waals surface area contributed by atoms with Crippen molar-refractivity contribution >= 4 is 34.4 Å². The summed E-state index contributed by atoms with van der Waals surface area (Å²) in [6.07, 6.45) is 7.26. The van der Waals surface area contributed by atoms with Crippen LogP contribution in [0.4, 0.5) is 0 Å². The molecular weight excluding hydrogens is 627 g/mol. The molecule has 244 valence electrons. The van der Waals surface area contributed by atoms with Gasteiger partial charge in [-0.1, -0.05) is 75.2 Å². The minimum atomic E-state index is -0.432. The predicted octanol–water partition coefficient (Wildman–Crippen LogP) is 8.38. The molecule has 0 N–H and O–H groups in total. The van der Waals surface area contributed by atoms with Gasteiger partial charge in [0.1, 0.15) is 0 Å². The molecule has 0 saturated carbocycles. The molecule has 0 atom stereocenters. The van der Waals surface area contributed by atoms with E-state index in [1.165, 1.54) is 18.3 Å². The number of ether oxygens (including phenoxy) is 1. The summed E-state index contributed by atoms with van der Waals surface area (Å²) in [4.78, 5) is 21.0. The molecule has 0 spiro atoms. The van der Waals surface area contributed by atoms with Crippen LogP contribution < -0.4 is 10.1 Å². The third-order valence-corrected chi connectivity index (χ3v) is 9.77. The van der Waals surface area contributed by atoms with E-state index < -0.39 is 5.95 Å². The molecule has 0 saturated heterocycles. The summed E-state index contributed by atoms with van der Waals surface area (Å²) in [5, 5.41) is 13.7. The summed E-state index contributed by atoms with van der Waals surface area (Å²) >= 11 is 0. The smallest absolute Gasteiger partial charge is 0.657 e. The third-order valence-electron chi connectivity index (χ3n) is 9.77. The van der Waals surface area contributed by atoms with Gasteiger partial charge in [0.25, 0.3) is 0 Å². The first-order valence-corrected chi connectivity index (χ1v) is 16.4.